The van der Waals surface area contributed by atoms with Gasteiger partial charge in [-0.2, -0.15) is 5.10 Å². The van der Waals surface area contributed by atoms with Crippen LogP contribution in [0.15, 0.2) is 24.4 Å². The molecular weight excluding hydrogens is 198 g/mol. The molecule has 0 saturated heterocycles. The first-order chi connectivity index (χ1) is 7.54. The molecular formula is C13H19N3. The van der Waals surface area contributed by atoms with Gasteiger partial charge in [-0.15, -0.1) is 0 Å². The number of aromatic amines is 1. The largest absolute Gasteiger partial charge is 0.385 e. The van der Waals surface area contributed by atoms with Gasteiger partial charge in [-0.3, -0.25) is 5.10 Å². The van der Waals surface area contributed by atoms with E-state index in [9.17, 15) is 0 Å². The second kappa shape index (κ2) is 4.16. The van der Waals surface area contributed by atoms with E-state index in [0.29, 0.717) is 5.41 Å². The number of hydrogen-bond donors (Lipinski definition) is 2. The maximum Gasteiger partial charge on any atom is 0.0670 e. The van der Waals surface area contributed by atoms with Gasteiger partial charge in [-0.25, -0.2) is 0 Å². The van der Waals surface area contributed by atoms with Crippen LogP contribution in [0.2, 0.25) is 0 Å². The molecule has 2 N–H and O–H groups in total. The molecule has 0 radical (unpaired) electrons. The van der Waals surface area contributed by atoms with Crippen LogP contribution < -0.4 is 5.32 Å². The average molecular weight is 217 g/mol. The van der Waals surface area contributed by atoms with Crippen LogP contribution in [0, 0.1) is 5.41 Å². The lowest BCUT2D eigenvalue weighted by atomic mass is 9.92. The van der Waals surface area contributed by atoms with E-state index in [1.165, 1.54) is 0 Å². The molecule has 0 saturated carbocycles. The van der Waals surface area contributed by atoms with Crippen molar-refractivity contribution in [2.24, 2.45) is 5.41 Å². The Morgan fingerprint density at radius 2 is 2.12 bits per heavy atom. The van der Waals surface area contributed by atoms with Gasteiger partial charge in [0.1, 0.15) is 0 Å². The van der Waals surface area contributed by atoms with Crippen LogP contribution in [0.1, 0.15) is 27.2 Å². The van der Waals surface area contributed by atoms with Crippen molar-refractivity contribution in [3.63, 3.8) is 0 Å². The molecule has 0 aliphatic heterocycles. The number of rotatable bonds is 3. The van der Waals surface area contributed by atoms with E-state index in [1.54, 1.807) is 0 Å². The van der Waals surface area contributed by atoms with Crippen molar-refractivity contribution in [2.45, 2.75) is 27.2 Å². The van der Waals surface area contributed by atoms with Crippen molar-refractivity contribution >= 4 is 16.6 Å². The zero-order chi connectivity index (χ0) is 11.6. The number of aromatic nitrogens is 2. The number of nitrogens with one attached hydrogen (secondary N) is 2. The van der Waals surface area contributed by atoms with Crippen molar-refractivity contribution in [1.29, 1.82) is 0 Å². The lowest BCUT2D eigenvalue weighted by molar-refractivity contribution is 0.390. The van der Waals surface area contributed by atoms with E-state index in [2.05, 4.69) is 54.5 Å². The van der Waals surface area contributed by atoms with Gasteiger partial charge in [0.25, 0.3) is 0 Å². The average Bonchev–Trinajstić information content (AvgIpc) is 2.62. The monoisotopic (exact) mass is 217 g/mol. The van der Waals surface area contributed by atoms with E-state index in [-0.39, 0.29) is 0 Å². The predicted molar refractivity (Wildman–Crippen MR) is 68.7 cm³/mol. The summed E-state index contributed by atoms with van der Waals surface area (Å²) in [6, 6.07) is 6.28. The summed E-state index contributed by atoms with van der Waals surface area (Å²) in [5.41, 5.74) is 2.62. The van der Waals surface area contributed by atoms with E-state index < -0.39 is 0 Å². The highest BCUT2D eigenvalue weighted by Crippen LogP contribution is 2.20. The molecule has 0 aliphatic rings. The number of fused-ring (bicyclic) bond motifs is 1. The molecule has 3 nitrogen and oxygen atoms in total. The van der Waals surface area contributed by atoms with Crippen LogP contribution in [-0.2, 0) is 0 Å². The molecule has 2 aromatic rings. The van der Waals surface area contributed by atoms with E-state index in [1.807, 2.05) is 6.20 Å². The van der Waals surface area contributed by atoms with Gasteiger partial charge in [0, 0.05) is 17.6 Å². The van der Waals surface area contributed by atoms with Crippen molar-refractivity contribution in [2.75, 3.05) is 11.9 Å². The number of benzene rings is 1. The highest BCUT2D eigenvalue weighted by molar-refractivity contribution is 5.81. The maximum absolute atomic E-state index is 4.01. The van der Waals surface area contributed by atoms with Gasteiger partial charge in [0.05, 0.1) is 11.7 Å². The predicted octanol–water partition coefficient (Wildman–Crippen LogP) is 3.41. The molecule has 0 amide bonds. The van der Waals surface area contributed by atoms with Gasteiger partial charge >= 0.3 is 0 Å². The third-order valence-corrected chi connectivity index (χ3v) is 2.65. The summed E-state index contributed by atoms with van der Waals surface area (Å²) in [5.74, 6) is 0. The molecule has 1 aromatic carbocycles. The first-order valence-corrected chi connectivity index (χ1v) is 5.72. The fourth-order valence-electron chi connectivity index (χ4n) is 1.63. The standard InChI is InChI=1S/C13H19N3/c1-13(2,3)6-7-14-11-5-4-10-9-15-16-12(10)8-11/h4-5,8-9,14H,6-7H2,1-3H3,(H,15,16). The molecule has 1 heterocycles. The molecule has 2 rings (SSSR count). The Balaban J connectivity index is 1.99. The summed E-state index contributed by atoms with van der Waals surface area (Å²) in [7, 11) is 0. The second-order valence-electron chi connectivity index (χ2n) is 5.41. The van der Waals surface area contributed by atoms with Gasteiger partial charge in [0.2, 0.25) is 0 Å². The quantitative estimate of drug-likeness (QED) is 0.827. The SMILES string of the molecule is CC(C)(C)CCNc1ccc2cn[nH]c2c1. The Labute approximate surface area is 96.2 Å². The first kappa shape index (κ1) is 11.0. The molecule has 16 heavy (non-hydrogen) atoms. The van der Waals surface area contributed by atoms with Gasteiger partial charge in [-0.1, -0.05) is 20.8 Å². The third-order valence-electron chi connectivity index (χ3n) is 2.65. The van der Waals surface area contributed by atoms with Crippen LogP contribution in [0.4, 0.5) is 5.69 Å². The van der Waals surface area contributed by atoms with Crippen molar-refractivity contribution in [3.8, 4) is 0 Å². The number of nitrogens with zero attached hydrogens (tertiary/aromatic N) is 1. The molecule has 0 unspecified atom stereocenters. The molecule has 0 bridgehead atoms. The summed E-state index contributed by atoms with van der Waals surface area (Å²) in [6.07, 6.45) is 3.00. The normalized spacial score (nSPS) is 11.9. The molecule has 0 spiro atoms. The Hall–Kier alpha value is -1.51. The topological polar surface area (TPSA) is 40.7 Å². The number of H-pyrrole nitrogens is 1. The number of anilines is 1. The minimum atomic E-state index is 0.380. The molecule has 0 atom stereocenters. The van der Waals surface area contributed by atoms with Crippen LogP contribution >= 0.6 is 0 Å². The van der Waals surface area contributed by atoms with Crippen LogP contribution in [0.5, 0.6) is 0 Å². The highest BCUT2D eigenvalue weighted by Gasteiger charge is 2.08. The summed E-state index contributed by atoms with van der Waals surface area (Å²) in [4.78, 5) is 0. The van der Waals surface area contributed by atoms with Crippen LogP contribution in [-0.4, -0.2) is 16.7 Å². The van der Waals surface area contributed by atoms with Gasteiger partial charge in [0.15, 0.2) is 0 Å². The lowest BCUT2D eigenvalue weighted by Crippen LogP contribution is -2.12. The van der Waals surface area contributed by atoms with Gasteiger partial charge < -0.3 is 5.32 Å². The minimum Gasteiger partial charge on any atom is -0.385 e. The molecule has 1 aromatic heterocycles. The molecule has 0 fully saturated rings. The third kappa shape index (κ3) is 2.75. The molecule has 0 aliphatic carbocycles. The van der Waals surface area contributed by atoms with Crippen molar-refractivity contribution < 1.29 is 0 Å². The first-order valence-electron chi connectivity index (χ1n) is 5.72. The fourth-order valence-corrected chi connectivity index (χ4v) is 1.63. The van der Waals surface area contributed by atoms with Crippen LogP contribution in [0.3, 0.4) is 0 Å². The maximum atomic E-state index is 4.01. The van der Waals surface area contributed by atoms with Gasteiger partial charge in [-0.05, 0) is 30.0 Å². The molecule has 3 heteroatoms. The Morgan fingerprint density at radius 1 is 1.31 bits per heavy atom. The lowest BCUT2D eigenvalue weighted by Gasteiger charge is -2.18. The Bertz CT molecular complexity index is 465. The summed E-state index contributed by atoms with van der Waals surface area (Å²) in [5, 5.41) is 11.6. The smallest absolute Gasteiger partial charge is 0.0670 e. The van der Waals surface area contributed by atoms with Crippen LogP contribution in [0.25, 0.3) is 10.9 Å². The fraction of sp³-hybridized carbons (Fsp3) is 0.462. The Kier molecular flexibility index (Phi) is 2.86. The second-order valence-corrected chi connectivity index (χ2v) is 5.41. The summed E-state index contributed by atoms with van der Waals surface area (Å²) < 4.78 is 0. The van der Waals surface area contributed by atoms with Crippen molar-refractivity contribution in [3.05, 3.63) is 24.4 Å². The van der Waals surface area contributed by atoms with Crippen molar-refractivity contribution in [1.82, 2.24) is 10.2 Å². The summed E-state index contributed by atoms with van der Waals surface area (Å²) >= 11 is 0. The Morgan fingerprint density at radius 3 is 2.88 bits per heavy atom. The molecule has 86 valence electrons. The minimum absolute atomic E-state index is 0.380. The van der Waals surface area contributed by atoms with E-state index in [4.69, 9.17) is 0 Å². The van der Waals surface area contributed by atoms with E-state index in [0.717, 1.165) is 29.6 Å². The highest BCUT2D eigenvalue weighted by atomic mass is 15.1. The number of hydrogen-bond acceptors (Lipinski definition) is 2. The zero-order valence-corrected chi connectivity index (χ0v) is 10.2. The van der Waals surface area contributed by atoms with E-state index >= 15 is 0 Å². The zero-order valence-electron chi connectivity index (χ0n) is 10.2. The summed E-state index contributed by atoms with van der Waals surface area (Å²) in [6.45, 7) is 7.77.